The van der Waals surface area contributed by atoms with Gasteiger partial charge in [-0.05, 0) is 26.8 Å². The number of hydrogen-bond donors (Lipinski definition) is 2. The summed E-state index contributed by atoms with van der Waals surface area (Å²) >= 11 is 1.22. The van der Waals surface area contributed by atoms with Gasteiger partial charge in [0, 0.05) is 16.1 Å². The molecule has 0 unspecified atom stereocenters. The van der Waals surface area contributed by atoms with Gasteiger partial charge in [0.05, 0.1) is 6.54 Å². The molecule has 0 saturated carbocycles. The van der Waals surface area contributed by atoms with Gasteiger partial charge in [0.2, 0.25) is 0 Å². The van der Waals surface area contributed by atoms with E-state index in [1.54, 1.807) is 17.6 Å². The summed E-state index contributed by atoms with van der Waals surface area (Å²) in [5, 5.41) is 0. The summed E-state index contributed by atoms with van der Waals surface area (Å²) < 4.78 is 6.99. The van der Waals surface area contributed by atoms with Gasteiger partial charge in [0.1, 0.15) is 5.76 Å². The van der Waals surface area contributed by atoms with Crippen molar-refractivity contribution in [3.63, 3.8) is 0 Å². The molecule has 0 aromatic carbocycles. The number of amides is 1. The highest BCUT2D eigenvalue weighted by molar-refractivity contribution is 7.09. The van der Waals surface area contributed by atoms with Crippen molar-refractivity contribution in [1.82, 2.24) is 9.99 Å². The molecule has 1 amide bonds. The number of aromatic nitrogens is 1. The zero-order valence-electron chi connectivity index (χ0n) is 10.9. The van der Waals surface area contributed by atoms with Crippen LogP contribution in [0.3, 0.4) is 0 Å². The van der Waals surface area contributed by atoms with Gasteiger partial charge in [0.25, 0.3) is 0 Å². The first-order chi connectivity index (χ1) is 8.93. The molecule has 2 aromatic heterocycles. The number of nitrogen functional groups attached to an aromatic ring is 1. The minimum absolute atomic E-state index is 0.0135. The van der Waals surface area contributed by atoms with Gasteiger partial charge >= 0.3 is 10.8 Å². The Morgan fingerprint density at radius 3 is 2.68 bits per heavy atom. The molecule has 0 aliphatic rings. The van der Waals surface area contributed by atoms with Crippen LogP contribution in [0, 0.1) is 20.8 Å². The summed E-state index contributed by atoms with van der Waals surface area (Å²) in [5.41, 5.74) is 3.74. The van der Waals surface area contributed by atoms with E-state index in [1.165, 1.54) is 11.3 Å². The predicted octanol–water partition coefficient (Wildman–Crippen LogP) is 1.08. The van der Waals surface area contributed by atoms with Crippen LogP contribution in [0.15, 0.2) is 15.3 Å². The maximum atomic E-state index is 11.8. The number of nitrogens with one attached hydrogen (secondary N) is 1. The van der Waals surface area contributed by atoms with Crippen molar-refractivity contribution in [1.29, 1.82) is 0 Å². The summed E-state index contributed by atoms with van der Waals surface area (Å²) in [6.45, 7) is 5.95. The molecule has 0 atom stereocenters. The Morgan fingerprint density at radius 2 is 2.16 bits per heavy atom. The first-order valence-electron chi connectivity index (χ1n) is 5.71. The molecule has 6 nitrogen and oxygen atoms in total. The maximum absolute atomic E-state index is 11.8. The summed E-state index contributed by atoms with van der Waals surface area (Å²) in [4.78, 5) is 24.2. The summed E-state index contributed by atoms with van der Waals surface area (Å²) in [5.74, 6) is 5.32. The topological polar surface area (TPSA) is 90.3 Å². The van der Waals surface area contributed by atoms with Crippen molar-refractivity contribution < 1.29 is 9.21 Å². The van der Waals surface area contributed by atoms with E-state index >= 15 is 0 Å². The number of furan rings is 1. The van der Waals surface area contributed by atoms with Crippen molar-refractivity contribution in [3.05, 3.63) is 43.4 Å². The lowest BCUT2D eigenvalue weighted by Gasteiger charge is -2.03. The second-order valence-electron chi connectivity index (χ2n) is 4.26. The van der Waals surface area contributed by atoms with Crippen LogP contribution in [0.4, 0.5) is 0 Å². The highest BCUT2D eigenvalue weighted by Crippen LogP contribution is 2.18. The van der Waals surface area contributed by atoms with Gasteiger partial charge in [0.15, 0.2) is 5.76 Å². The lowest BCUT2D eigenvalue weighted by Crippen LogP contribution is -2.29. The van der Waals surface area contributed by atoms with Crippen LogP contribution in [-0.2, 0) is 6.54 Å². The zero-order valence-corrected chi connectivity index (χ0v) is 11.8. The molecule has 2 aromatic rings. The average molecular weight is 281 g/mol. The molecule has 2 rings (SSSR count). The molecule has 2 heterocycles. The van der Waals surface area contributed by atoms with Crippen LogP contribution in [0.1, 0.15) is 32.4 Å². The lowest BCUT2D eigenvalue weighted by molar-refractivity contribution is 0.0924. The fraction of sp³-hybridized carbons (Fsp3) is 0.333. The number of nitrogens with zero attached hydrogens (tertiary/aromatic N) is 1. The average Bonchev–Trinajstić information content (AvgIpc) is 2.85. The number of aryl methyl sites for hydroxylation is 2. The minimum Gasteiger partial charge on any atom is -0.456 e. The Bertz CT molecular complexity index is 681. The van der Waals surface area contributed by atoms with Gasteiger partial charge in [-0.2, -0.15) is 0 Å². The molecule has 0 radical (unpaired) electrons. The second kappa shape index (κ2) is 5.02. The fourth-order valence-corrected chi connectivity index (χ4v) is 2.63. The smallest absolute Gasteiger partial charge is 0.307 e. The first kappa shape index (κ1) is 13.6. The van der Waals surface area contributed by atoms with Crippen molar-refractivity contribution in [2.45, 2.75) is 27.3 Å². The van der Waals surface area contributed by atoms with Crippen LogP contribution in [0.2, 0.25) is 0 Å². The van der Waals surface area contributed by atoms with Crippen LogP contribution in [-0.4, -0.2) is 10.5 Å². The van der Waals surface area contributed by atoms with E-state index in [-0.39, 0.29) is 10.6 Å². The highest BCUT2D eigenvalue weighted by Gasteiger charge is 2.15. The molecular weight excluding hydrogens is 266 g/mol. The van der Waals surface area contributed by atoms with Crippen LogP contribution in [0.5, 0.6) is 0 Å². The van der Waals surface area contributed by atoms with Crippen molar-refractivity contribution in [2.75, 3.05) is 0 Å². The monoisotopic (exact) mass is 281 g/mol. The van der Waals surface area contributed by atoms with Crippen LogP contribution >= 0.6 is 11.3 Å². The molecule has 3 N–H and O–H groups in total. The van der Waals surface area contributed by atoms with Crippen molar-refractivity contribution in [3.8, 4) is 0 Å². The number of hydrazine groups is 1. The third-order valence-electron chi connectivity index (χ3n) is 3.08. The first-order valence-corrected chi connectivity index (χ1v) is 6.52. The quantitative estimate of drug-likeness (QED) is 0.500. The van der Waals surface area contributed by atoms with Crippen LogP contribution < -0.4 is 16.1 Å². The Kier molecular flexibility index (Phi) is 3.59. The second-order valence-corrected chi connectivity index (χ2v) is 5.43. The van der Waals surface area contributed by atoms with E-state index in [1.807, 2.05) is 19.3 Å². The van der Waals surface area contributed by atoms with E-state index in [0.29, 0.717) is 12.3 Å². The summed E-state index contributed by atoms with van der Waals surface area (Å²) in [6, 6.07) is 1.61. The summed E-state index contributed by atoms with van der Waals surface area (Å²) in [7, 11) is 0. The Morgan fingerprint density at radius 1 is 1.47 bits per heavy atom. The number of carbonyl (C=O) groups excluding carboxylic acids is 1. The molecule has 0 bridgehead atoms. The van der Waals surface area contributed by atoms with E-state index in [0.717, 1.165) is 16.1 Å². The maximum Gasteiger partial charge on any atom is 0.307 e. The van der Waals surface area contributed by atoms with E-state index in [2.05, 4.69) is 0 Å². The third kappa shape index (κ3) is 2.47. The Labute approximate surface area is 113 Å². The largest absolute Gasteiger partial charge is 0.456 e. The van der Waals surface area contributed by atoms with Gasteiger partial charge in [-0.3, -0.25) is 19.6 Å². The van der Waals surface area contributed by atoms with Gasteiger partial charge < -0.3 is 4.42 Å². The Hall–Kier alpha value is -1.86. The predicted molar refractivity (Wildman–Crippen MR) is 72.3 cm³/mol. The highest BCUT2D eigenvalue weighted by atomic mass is 32.1. The third-order valence-corrected chi connectivity index (χ3v) is 4.08. The van der Waals surface area contributed by atoms with E-state index < -0.39 is 5.91 Å². The molecule has 0 aliphatic carbocycles. The van der Waals surface area contributed by atoms with Gasteiger partial charge in [-0.1, -0.05) is 11.3 Å². The fourth-order valence-electron chi connectivity index (χ4n) is 1.80. The number of nitrogens with two attached hydrogens (primary N) is 1. The van der Waals surface area contributed by atoms with E-state index in [9.17, 15) is 9.59 Å². The minimum atomic E-state index is -0.486. The number of carbonyl (C=O) groups is 1. The Balaban J connectivity index is 2.36. The number of rotatable bonds is 3. The van der Waals surface area contributed by atoms with Crippen molar-refractivity contribution in [2.24, 2.45) is 5.84 Å². The van der Waals surface area contributed by atoms with Crippen molar-refractivity contribution >= 4 is 17.2 Å². The molecule has 0 aliphatic heterocycles. The number of hydrogen-bond acceptors (Lipinski definition) is 5. The molecular formula is C12H15N3O3S. The zero-order chi connectivity index (χ0) is 14.2. The normalized spacial score (nSPS) is 10.7. The molecule has 19 heavy (non-hydrogen) atoms. The lowest BCUT2D eigenvalue weighted by atomic mass is 10.2. The molecule has 7 heteroatoms. The number of thiazole rings is 1. The molecule has 0 spiro atoms. The molecule has 0 fully saturated rings. The van der Waals surface area contributed by atoms with E-state index in [4.69, 9.17) is 10.3 Å². The summed E-state index contributed by atoms with van der Waals surface area (Å²) in [6.07, 6.45) is 0. The molecule has 102 valence electrons. The van der Waals surface area contributed by atoms with Crippen LogP contribution in [0.25, 0.3) is 0 Å². The van der Waals surface area contributed by atoms with Gasteiger partial charge in [-0.25, -0.2) is 5.84 Å². The molecule has 0 saturated heterocycles. The SMILES string of the molecule is Cc1oc(C(=O)NN)cc1Cn1c(C)c(C)sc1=O. The standard InChI is InChI=1S/C12H15N3O3S/c1-6-8(3)19-12(17)15(6)5-9-4-10(11(16)14-13)18-7(9)2/h4H,5,13H2,1-3H3,(H,14,16). The van der Waals surface area contributed by atoms with Gasteiger partial charge in [-0.15, -0.1) is 0 Å².